The van der Waals surface area contributed by atoms with Crippen LogP contribution in [0.25, 0.3) is 0 Å². The van der Waals surface area contributed by atoms with Gasteiger partial charge in [-0.05, 0) is 12.8 Å². The summed E-state index contributed by atoms with van der Waals surface area (Å²) in [7, 11) is 0. The second-order valence-corrected chi connectivity index (χ2v) is 3.81. The van der Waals surface area contributed by atoms with Crippen LogP contribution in [0.3, 0.4) is 0 Å². The number of amides is 4. The van der Waals surface area contributed by atoms with Crippen molar-refractivity contribution in [3.63, 3.8) is 0 Å². The zero-order chi connectivity index (χ0) is 12.1. The van der Waals surface area contributed by atoms with E-state index in [1.807, 2.05) is 0 Å². The standard InChI is InChI=1S/C9H16N4O3/c10-7(14)4-12-8(15)6-2-1-3-13(5-6)9(11)16/h6H,1-5H2,(H2,10,14)(H2,11,16)(H,12,15). The van der Waals surface area contributed by atoms with Crippen molar-refractivity contribution in [3.8, 4) is 0 Å². The minimum atomic E-state index is -0.587. The van der Waals surface area contributed by atoms with Gasteiger partial charge in [0.1, 0.15) is 0 Å². The smallest absolute Gasteiger partial charge is 0.314 e. The summed E-state index contributed by atoms with van der Waals surface area (Å²) in [4.78, 5) is 34.4. The van der Waals surface area contributed by atoms with E-state index in [0.717, 1.165) is 6.42 Å². The predicted octanol–water partition coefficient (Wildman–Crippen LogP) is -1.62. The molecule has 0 aromatic heterocycles. The SMILES string of the molecule is NC(=O)CNC(=O)C1CCCN(C(N)=O)C1. The van der Waals surface area contributed by atoms with Crippen LogP contribution < -0.4 is 16.8 Å². The summed E-state index contributed by atoms with van der Waals surface area (Å²) >= 11 is 0. The number of carbonyl (C=O) groups is 3. The summed E-state index contributed by atoms with van der Waals surface area (Å²) in [5.74, 6) is -1.15. The van der Waals surface area contributed by atoms with Gasteiger partial charge >= 0.3 is 6.03 Å². The maximum Gasteiger partial charge on any atom is 0.314 e. The van der Waals surface area contributed by atoms with Crippen LogP contribution in [0.2, 0.25) is 0 Å². The Kier molecular flexibility index (Phi) is 4.10. The van der Waals surface area contributed by atoms with Crippen LogP contribution in [-0.2, 0) is 9.59 Å². The largest absolute Gasteiger partial charge is 0.368 e. The molecule has 1 aliphatic rings. The van der Waals surface area contributed by atoms with Crippen LogP contribution in [0.5, 0.6) is 0 Å². The molecule has 0 spiro atoms. The zero-order valence-corrected chi connectivity index (χ0v) is 8.94. The van der Waals surface area contributed by atoms with Gasteiger partial charge in [-0.15, -0.1) is 0 Å². The second kappa shape index (κ2) is 5.34. The van der Waals surface area contributed by atoms with Crippen molar-refractivity contribution >= 4 is 17.8 Å². The van der Waals surface area contributed by atoms with E-state index in [9.17, 15) is 14.4 Å². The van der Waals surface area contributed by atoms with E-state index in [2.05, 4.69) is 5.32 Å². The first-order chi connectivity index (χ1) is 7.50. The monoisotopic (exact) mass is 228 g/mol. The number of rotatable bonds is 3. The third kappa shape index (κ3) is 3.41. The Morgan fingerprint density at radius 2 is 2.00 bits per heavy atom. The highest BCUT2D eigenvalue weighted by molar-refractivity contribution is 5.85. The molecule has 7 nitrogen and oxygen atoms in total. The fourth-order valence-corrected chi connectivity index (χ4v) is 1.71. The quantitative estimate of drug-likeness (QED) is 0.538. The van der Waals surface area contributed by atoms with Gasteiger partial charge in [0, 0.05) is 13.1 Å². The number of piperidine rings is 1. The van der Waals surface area contributed by atoms with E-state index in [1.54, 1.807) is 0 Å². The van der Waals surface area contributed by atoms with E-state index in [-0.39, 0.29) is 18.4 Å². The van der Waals surface area contributed by atoms with Gasteiger partial charge in [0.05, 0.1) is 12.5 Å². The lowest BCUT2D eigenvalue weighted by atomic mass is 9.97. The average molecular weight is 228 g/mol. The highest BCUT2D eigenvalue weighted by Gasteiger charge is 2.27. The molecule has 1 unspecified atom stereocenters. The molecule has 0 bridgehead atoms. The molecule has 1 rings (SSSR count). The van der Waals surface area contributed by atoms with Crippen LogP contribution in [0.15, 0.2) is 0 Å². The third-order valence-electron chi connectivity index (χ3n) is 2.54. The molecule has 5 N–H and O–H groups in total. The van der Waals surface area contributed by atoms with Crippen LogP contribution in [0.1, 0.15) is 12.8 Å². The van der Waals surface area contributed by atoms with Crippen molar-refractivity contribution < 1.29 is 14.4 Å². The van der Waals surface area contributed by atoms with Crippen molar-refractivity contribution in [3.05, 3.63) is 0 Å². The second-order valence-electron chi connectivity index (χ2n) is 3.81. The zero-order valence-electron chi connectivity index (χ0n) is 8.94. The Balaban J connectivity index is 2.43. The van der Waals surface area contributed by atoms with E-state index >= 15 is 0 Å². The molecule has 1 atom stereocenters. The minimum Gasteiger partial charge on any atom is -0.368 e. The summed E-state index contributed by atoms with van der Waals surface area (Å²) in [5.41, 5.74) is 10.0. The fraction of sp³-hybridized carbons (Fsp3) is 0.667. The highest BCUT2D eigenvalue weighted by atomic mass is 16.2. The number of carbonyl (C=O) groups excluding carboxylic acids is 3. The normalized spacial score (nSPS) is 20.2. The molecule has 1 aliphatic heterocycles. The Morgan fingerprint density at radius 3 is 2.56 bits per heavy atom. The molecule has 1 fully saturated rings. The molecule has 90 valence electrons. The number of nitrogens with zero attached hydrogens (tertiary/aromatic N) is 1. The molecule has 1 saturated heterocycles. The number of urea groups is 1. The summed E-state index contributed by atoms with van der Waals surface area (Å²) in [6.45, 7) is 0.709. The number of hydrogen-bond acceptors (Lipinski definition) is 3. The van der Waals surface area contributed by atoms with Crippen molar-refractivity contribution in [1.82, 2.24) is 10.2 Å². The summed E-state index contributed by atoms with van der Waals surface area (Å²) in [6, 6.07) is -0.521. The fourth-order valence-electron chi connectivity index (χ4n) is 1.71. The van der Waals surface area contributed by atoms with Gasteiger partial charge in [-0.25, -0.2) is 4.79 Å². The Bertz CT molecular complexity index is 305. The lowest BCUT2D eigenvalue weighted by Gasteiger charge is -2.30. The van der Waals surface area contributed by atoms with Crippen LogP contribution in [0.4, 0.5) is 4.79 Å². The van der Waals surface area contributed by atoms with Crippen LogP contribution in [-0.4, -0.2) is 42.4 Å². The first kappa shape index (κ1) is 12.3. The van der Waals surface area contributed by atoms with Gasteiger partial charge in [0.2, 0.25) is 11.8 Å². The molecule has 0 aliphatic carbocycles. The molecule has 0 radical (unpaired) electrons. The molecule has 4 amide bonds. The molecular weight excluding hydrogens is 212 g/mol. The van der Waals surface area contributed by atoms with E-state index in [1.165, 1.54) is 4.90 Å². The van der Waals surface area contributed by atoms with Gasteiger partial charge in [0.15, 0.2) is 0 Å². The lowest BCUT2D eigenvalue weighted by Crippen LogP contribution is -2.48. The van der Waals surface area contributed by atoms with Crippen molar-refractivity contribution in [2.45, 2.75) is 12.8 Å². The number of likely N-dealkylation sites (tertiary alicyclic amines) is 1. The van der Waals surface area contributed by atoms with Crippen LogP contribution >= 0.6 is 0 Å². The molecule has 16 heavy (non-hydrogen) atoms. The topological polar surface area (TPSA) is 119 Å². The number of nitrogens with one attached hydrogen (secondary N) is 1. The summed E-state index contributed by atoms with van der Waals surface area (Å²) in [5, 5.41) is 2.42. The first-order valence-electron chi connectivity index (χ1n) is 5.11. The highest BCUT2D eigenvalue weighted by Crippen LogP contribution is 2.16. The van der Waals surface area contributed by atoms with Gasteiger partial charge in [0.25, 0.3) is 0 Å². The first-order valence-corrected chi connectivity index (χ1v) is 5.11. The molecule has 0 aromatic carbocycles. The lowest BCUT2D eigenvalue weighted by molar-refractivity contribution is -0.128. The maximum atomic E-state index is 11.6. The third-order valence-corrected chi connectivity index (χ3v) is 2.54. The molecule has 0 aromatic rings. The van der Waals surface area contributed by atoms with E-state index in [4.69, 9.17) is 11.5 Å². The Hall–Kier alpha value is -1.79. The van der Waals surface area contributed by atoms with Gasteiger partial charge in [-0.2, -0.15) is 0 Å². The van der Waals surface area contributed by atoms with Crippen LogP contribution in [0, 0.1) is 5.92 Å². The molecule has 0 saturated carbocycles. The number of hydrogen-bond donors (Lipinski definition) is 3. The number of primary amides is 2. The maximum absolute atomic E-state index is 11.6. The average Bonchev–Trinajstić information content (AvgIpc) is 2.26. The van der Waals surface area contributed by atoms with Gasteiger partial charge < -0.3 is 21.7 Å². The Morgan fingerprint density at radius 1 is 1.31 bits per heavy atom. The van der Waals surface area contributed by atoms with Crippen molar-refractivity contribution in [1.29, 1.82) is 0 Å². The molecule has 7 heteroatoms. The minimum absolute atomic E-state index is 0.175. The van der Waals surface area contributed by atoms with Gasteiger partial charge in [-0.3, -0.25) is 9.59 Å². The molecule has 1 heterocycles. The van der Waals surface area contributed by atoms with Crippen molar-refractivity contribution in [2.24, 2.45) is 17.4 Å². The molecular formula is C9H16N4O3. The van der Waals surface area contributed by atoms with Gasteiger partial charge in [-0.1, -0.05) is 0 Å². The predicted molar refractivity (Wildman–Crippen MR) is 56.1 cm³/mol. The number of nitrogens with two attached hydrogens (primary N) is 2. The van der Waals surface area contributed by atoms with E-state index in [0.29, 0.717) is 19.5 Å². The summed E-state index contributed by atoms with van der Waals surface area (Å²) < 4.78 is 0. The van der Waals surface area contributed by atoms with Crippen molar-refractivity contribution in [2.75, 3.05) is 19.6 Å². The Labute approximate surface area is 93.1 Å². The van der Waals surface area contributed by atoms with E-state index < -0.39 is 11.9 Å². The summed E-state index contributed by atoms with van der Waals surface area (Å²) in [6.07, 6.45) is 1.42.